The molecule has 26 heavy (non-hydrogen) atoms. The van der Waals surface area contributed by atoms with Gasteiger partial charge >= 0.3 is 0 Å². The molecule has 0 fully saturated rings. The molecule has 5 nitrogen and oxygen atoms in total. The van der Waals surface area contributed by atoms with Crippen LogP contribution in [-0.4, -0.2) is 46.4 Å². The first-order chi connectivity index (χ1) is 11.7. The number of hydrogen-bond donors (Lipinski definition) is 2. The molecule has 0 bridgehead atoms. The molecular formula is C18H31FIN3O2S. The Labute approximate surface area is 176 Å². The third kappa shape index (κ3) is 10.3. The van der Waals surface area contributed by atoms with Crippen molar-refractivity contribution in [2.24, 2.45) is 4.99 Å². The van der Waals surface area contributed by atoms with Crippen LogP contribution in [0.25, 0.3) is 0 Å². The molecule has 2 N–H and O–H groups in total. The van der Waals surface area contributed by atoms with Gasteiger partial charge in [-0.3, -0.25) is 4.21 Å². The SMILES string of the molecule is CCNC(=NCC(C)Oc1cccc(F)c1)NCCS(=O)C(C)(C)C.I. The van der Waals surface area contributed by atoms with Crippen LogP contribution in [0, 0.1) is 5.82 Å². The molecule has 0 aromatic heterocycles. The standard InChI is InChI=1S/C18H30FN3O2S.HI/c1-6-20-17(21-10-11-25(23)18(3,4)5)22-13-14(2)24-16-9-7-8-15(19)12-16;/h7-9,12,14H,6,10-11,13H2,1-5H3,(H2,20,21,22);1H. The van der Waals surface area contributed by atoms with E-state index in [2.05, 4.69) is 15.6 Å². The summed E-state index contributed by atoms with van der Waals surface area (Å²) in [5.74, 6) is 1.38. The lowest BCUT2D eigenvalue weighted by atomic mass is 10.3. The molecule has 150 valence electrons. The van der Waals surface area contributed by atoms with E-state index in [0.717, 1.165) is 6.54 Å². The Morgan fingerprint density at radius 1 is 1.35 bits per heavy atom. The zero-order chi connectivity index (χ0) is 18.9. The smallest absolute Gasteiger partial charge is 0.191 e. The van der Waals surface area contributed by atoms with Gasteiger partial charge in [0.15, 0.2) is 5.96 Å². The first-order valence-electron chi connectivity index (χ1n) is 8.55. The Morgan fingerprint density at radius 3 is 2.62 bits per heavy atom. The van der Waals surface area contributed by atoms with Crippen LogP contribution in [-0.2, 0) is 10.8 Å². The summed E-state index contributed by atoms with van der Waals surface area (Å²) in [4.78, 5) is 4.47. The van der Waals surface area contributed by atoms with Crippen LogP contribution in [0.3, 0.4) is 0 Å². The number of aliphatic imine (C=N–C) groups is 1. The number of nitrogens with zero attached hydrogens (tertiary/aromatic N) is 1. The van der Waals surface area contributed by atoms with E-state index in [-0.39, 0.29) is 40.6 Å². The molecular weight excluding hydrogens is 468 g/mol. The van der Waals surface area contributed by atoms with Crippen molar-refractivity contribution in [2.75, 3.05) is 25.4 Å². The van der Waals surface area contributed by atoms with Crippen LogP contribution in [0.2, 0.25) is 0 Å². The van der Waals surface area contributed by atoms with Gasteiger partial charge in [-0.2, -0.15) is 0 Å². The highest BCUT2D eigenvalue weighted by Crippen LogP contribution is 2.14. The minimum absolute atomic E-state index is 0. The van der Waals surface area contributed by atoms with Crippen molar-refractivity contribution in [3.63, 3.8) is 0 Å². The molecule has 0 aliphatic rings. The number of ether oxygens (including phenoxy) is 1. The minimum atomic E-state index is -0.905. The van der Waals surface area contributed by atoms with Crippen molar-refractivity contribution in [3.8, 4) is 5.75 Å². The highest BCUT2D eigenvalue weighted by Gasteiger charge is 2.18. The van der Waals surface area contributed by atoms with Crippen molar-refractivity contribution in [2.45, 2.75) is 45.5 Å². The summed E-state index contributed by atoms with van der Waals surface area (Å²) in [7, 11) is -0.905. The molecule has 0 saturated heterocycles. The van der Waals surface area contributed by atoms with Gasteiger partial charge in [0.25, 0.3) is 0 Å². The average molecular weight is 499 g/mol. The van der Waals surface area contributed by atoms with Crippen LogP contribution in [0.1, 0.15) is 34.6 Å². The van der Waals surface area contributed by atoms with Gasteiger partial charge in [-0.15, -0.1) is 24.0 Å². The van der Waals surface area contributed by atoms with E-state index in [1.165, 1.54) is 12.1 Å². The van der Waals surface area contributed by atoms with E-state index in [1.807, 2.05) is 34.6 Å². The maximum absolute atomic E-state index is 13.2. The maximum atomic E-state index is 13.2. The van der Waals surface area contributed by atoms with E-state index >= 15 is 0 Å². The number of nitrogens with one attached hydrogen (secondary N) is 2. The second-order valence-electron chi connectivity index (χ2n) is 6.69. The normalized spacial score (nSPS) is 14.2. The Kier molecular flexibility index (Phi) is 12.0. The van der Waals surface area contributed by atoms with Crippen LogP contribution in [0.4, 0.5) is 4.39 Å². The van der Waals surface area contributed by atoms with Crippen molar-refractivity contribution in [1.29, 1.82) is 0 Å². The Hall–Kier alpha value is -0.900. The van der Waals surface area contributed by atoms with Crippen molar-refractivity contribution in [1.82, 2.24) is 10.6 Å². The monoisotopic (exact) mass is 499 g/mol. The Bertz CT molecular complexity index is 594. The number of guanidine groups is 1. The molecule has 0 spiro atoms. The van der Waals surface area contributed by atoms with Gasteiger partial charge < -0.3 is 15.4 Å². The summed E-state index contributed by atoms with van der Waals surface area (Å²) in [5.41, 5.74) is 0. The van der Waals surface area contributed by atoms with E-state index < -0.39 is 10.8 Å². The molecule has 1 aromatic rings. The van der Waals surface area contributed by atoms with Crippen LogP contribution >= 0.6 is 24.0 Å². The van der Waals surface area contributed by atoms with Crippen LogP contribution in [0.5, 0.6) is 5.75 Å². The average Bonchev–Trinajstić information content (AvgIpc) is 2.51. The molecule has 0 amide bonds. The summed E-state index contributed by atoms with van der Waals surface area (Å²) < 4.78 is 30.7. The second-order valence-corrected chi connectivity index (χ2v) is 9.02. The molecule has 1 rings (SSSR count). The highest BCUT2D eigenvalue weighted by molar-refractivity contribution is 14.0. The van der Waals surface area contributed by atoms with E-state index in [9.17, 15) is 8.60 Å². The third-order valence-corrected chi connectivity index (χ3v) is 5.19. The molecule has 2 unspecified atom stereocenters. The lowest BCUT2D eigenvalue weighted by molar-refractivity contribution is 0.229. The zero-order valence-electron chi connectivity index (χ0n) is 16.2. The molecule has 0 saturated carbocycles. The maximum Gasteiger partial charge on any atom is 0.191 e. The molecule has 8 heteroatoms. The fourth-order valence-electron chi connectivity index (χ4n) is 1.94. The largest absolute Gasteiger partial charge is 0.489 e. The molecule has 0 aliphatic heterocycles. The lowest BCUT2D eigenvalue weighted by Crippen LogP contribution is -2.41. The minimum Gasteiger partial charge on any atom is -0.489 e. The van der Waals surface area contributed by atoms with E-state index in [1.54, 1.807) is 12.1 Å². The summed E-state index contributed by atoms with van der Waals surface area (Å²) in [6.07, 6.45) is -0.194. The fraction of sp³-hybridized carbons (Fsp3) is 0.611. The summed E-state index contributed by atoms with van der Waals surface area (Å²) >= 11 is 0. The van der Waals surface area contributed by atoms with Crippen molar-refractivity contribution < 1.29 is 13.3 Å². The number of rotatable bonds is 8. The molecule has 2 atom stereocenters. The van der Waals surface area contributed by atoms with Gasteiger partial charge in [-0.1, -0.05) is 6.07 Å². The molecule has 1 aromatic carbocycles. The van der Waals surface area contributed by atoms with Gasteiger partial charge in [0.1, 0.15) is 17.7 Å². The van der Waals surface area contributed by atoms with Gasteiger partial charge in [0.05, 0.1) is 6.54 Å². The van der Waals surface area contributed by atoms with Crippen LogP contribution in [0.15, 0.2) is 29.3 Å². The number of halogens is 2. The number of hydrogen-bond acceptors (Lipinski definition) is 3. The Morgan fingerprint density at radius 2 is 2.04 bits per heavy atom. The fourth-order valence-corrected chi connectivity index (χ4v) is 2.84. The van der Waals surface area contributed by atoms with E-state index in [4.69, 9.17) is 4.74 Å². The number of benzene rings is 1. The first kappa shape index (κ1) is 25.1. The van der Waals surface area contributed by atoms with Crippen molar-refractivity contribution >= 4 is 40.7 Å². The summed E-state index contributed by atoms with van der Waals surface area (Å²) in [6, 6.07) is 6.06. The highest BCUT2D eigenvalue weighted by atomic mass is 127. The molecule has 0 aliphatic carbocycles. The van der Waals surface area contributed by atoms with Crippen LogP contribution < -0.4 is 15.4 Å². The first-order valence-corrected chi connectivity index (χ1v) is 9.87. The topological polar surface area (TPSA) is 62.7 Å². The zero-order valence-corrected chi connectivity index (χ0v) is 19.3. The van der Waals surface area contributed by atoms with Gasteiger partial charge in [0, 0.05) is 40.5 Å². The summed E-state index contributed by atoms with van der Waals surface area (Å²) in [6.45, 7) is 11.5. The quantitative estimate of drug-likeness (QED) is 0.328. The van der Waals surface area contributed by atoms with Crippen molar-refractivity contribution in [3.05, 3.63) is 30.1 Å². The van der Waals surface area contributed by atoms with Gasteiger partial charge in [-0.25, -0.2) is 9.38 Å². The second kappa shape index (κ2) is 12.5. The van der Waals surface area contributed by atoms with Gasteiger partial charge in [-0.05, 0) is 46.8 Å². The Balaban J connectivity index is 0.00000625. The molecule has 0 radical (unpaired) electrons. The summed E-state index contributed by atoms with van der Waals surface area (Å²) in [5, 5.41) is 6.33. The third-order valence-electron chi connectivity index (χ3n) is 3.25. The van der Waals surface area contributed by atoms with Gasteiger partial charge in [0.2, 0.25) is 0 Å². The van der Waals surface area contributed by atoms with E-state index in [0.29, 0.717) is 30.6 Å². The predicted molar refractivity (Wildman–Crippen MR) is 119 cm³/mol. The molecule has 0 heterocycles. The predicted octanol–water partition coefficient (Wildman–Crippen LogP) is 3.31. The lowest BCUT2D eigenvalue weighted by Gasteiger charge is -2.19.